The van der Waals surface area contributed by atoms with Gasteiger partial charge in [-0.1, -0.05) is 66.4 Å². The van der Waals surface area contributed by atoms with Crippen LogP contribution in [0.5, 0.6) is 5.75 Å². The van der Waals surface area contributed by atoms with Crippen molar-refractivity contribution < 1.29 is 19.4 Å². The molecule has 0 aromatic heterocycles. The van der Waals surface area contributed by atoms with E-state index in [1.54, 1.807) is 6.08 Å². The van der Waals surface area contributed by atoms with Crippen LogP contribution in [0.2, 0.25) is 0 Å². The fourth-order valence-electron chi connectivity index (χ4n) is 2.66. The smallest absolute Gasteiger partial charge is 0.266 e. The molecule has 1 aliphatic rings. The van der Waals surface area contributed by atoms with Crippen molar-refractivity contribution in [2.75, 3.05) is 6.54 Å². The van der Waals surface area contributed by atoms with E-state index in [0.29, 0.717) is 28.0 Å². The molecule has 1 saturated heterocycles. The number of carboxylic acid groups (broad SMARTS) is 1. The van der Waals surface area contributed by atoms with E-state index in [-0.39, 0.29) is 18.9 Å². The van der Waals surface area contributed by atoms with E-state index in [0.717, 1.165) is 11.1 Å². The van der Waals surface area contributed by atoms with Crippen molar-refractivity contribution in [3.05, 3.63) is 70.6 Å². The number of amides is 1. The Morgan fingerprint density at radius 1 is 1.18 bits per heavy atom. The number of hydrogen-bond donors (Lipinski definition) is 0. The molecule has 2 aromatic rings. The van der Waals surface area contributed by atoms with Crippen LogP contribution in [-0.4, -0.2) is 27.6 Å². The highest BCUT2D eigenvalue weighted by atomic mass is 32.2. The van der Waals surface area contributed by atoms with Gasteiger partial charge in [-0.25, -0.2) is 0 Å². The molecule has 0 saturated carbocycles. The number of thioether (sulfide) groups is 1. The molecule has 1 fully saturated rings. The van der Waals surface area contributed by atoms with Crippen LogP contribution >= 0.6 is 24.0 Å². The maximum atomic E-state index is 12.5. The van der Waals surface area contributed by atoms with E-state index in [9.17, 15) is 14.7 Å². The van der Waals surface area contributed by atoms with Crippen molar-refractivity contribution >= 4 is 46.3 Å². The quantitative estimate of drug-likeness (QED) is 0.490. The molecular formula is C21H18NO4S2-. The van der Waals surface area contributed by atoms with Gasteiger partial charge in [0.05, 0.1) is 4.91 Å². The topological polar surface area (TPSA) is 69.7 Å². The van der Waals surface area contributed by atoms with Crippen molar-refractivity contribution in [1.29, 1.82) is 0 Å². The van der Waals surface area contributed by atoms with Crippen LogP contribution in [0, 0.1) is 0 Å². The molecule has 2 aromatic carbocycles. The van der Waals surface area contributed by atoms with Gasteiger partial charge in [0.1, 0.15) is 16.7 Å². The first-order valence-electron chi connectivity index (χ1n) is 8.75. The van der Waals surface area contributed by atoms with Gasteiger partial charge >= 0.3 is 0 Å². The molecule has 0 atom stereocenters. The minimum absolute atomic E-state index is 0.100. The van der Waals surface area contributed by atoms with Gasteiger partial charge in [-0.3, -0.25) is 9.69 Å². The number of carbonyl (C=O) groups excluding carboxylic acids is 2. The lowest BCUT2D eigenvalue weighted by Gasteiger charge is -2.14. The molecule has 1 amide bonds. The van der Waals surface area contributed by atoms with Crippen molar-refractivity contribution in [2.24, 2.45) is 0 Å². The Morgan fingerprint density at radius 3 is 2.71 bits per heavy atom. The monoisotopic (exact) mass is 412 g/mol. The van der Waals surface area contributed by atoms with E-state index in [2.05, 4.69) is 0 Å². The first-order valence-corrected chi connectivity index (χ1v) is 9.97. The van der Waals surface area contributed by atoms with Gasteiger partial charge in [0.15, 0.2) is 0 Å². The summed E-state index contributed by atoms with van der Waals surface area (Å²) in [6.45, 7) is 0.737. The van der Waals surface area contributed by atoms with Gasteiger partial charge in [-0.2, -0.15) is 0 Å². The van der Waals surface area contributed by atoms with Crippen LogP contribution in [0.15, 0.2) is 59.5 Å². The third-order valence-corrected chi connectivity index (χ3v) is 5.42. The van der Waals surface area contributed by atoms with Crippen LogP contribution in [0.25, 0.3) is 6.08 Å². The lowest BCUT2D eigenvalue weighted by Crippen LogP contribution is -2.30. The summed E-state index contributed by atoms with van der Waals surface area (Å²) < 4.78 is 6.26. The molecule has 0 bridgehead atoms. The van der Waals surface area contributed by atoms with Crippen LogP contribution in [0.3, 0.4) is 0 Å². The predicted octanol–water partition coefficient (Wildman–Crippen LogP) is 3.00. The van der Waals surface area contributed by atoms with E-state index in [4.69, 9.17) is 17.0 Å². The fraction of sp³-hybridized carbons (Fsp3) is 0.190. The second-order valence-electron chi connectivity index (χ2n) is 6.16. The van der Waals surface area contributed by atoms with Gasteiger partial charge in [-0.05, 0) is 42.2 Å². The van der Waals surface area contributed by atoms with E-state index in [1.807, 2.05) is 54.6 Å². The molecule has 0 N–H and O–H groups in total. The number of aliphatic carboxylic acids is 1. The van der Waals surface area contributed by atoms with Gasteiger partial charge in [0, 0.05) is 12.5 Å². The highest BCUT2D eigenvalue weighted by Gasteiger charge is 2.31. The first kappa shape index (κ1) is 20.1. The number of carbonyl (C=O) groups is 2. The number of nitrogens with zero attached hydrogens (tertiary/aromatic N) is 1. The molecule has 7 heteroatoms. The van der Waals surface area contributed by atoms with E-state index >= 15 is 0 Å². The molecule has 28 heavy (non-hydrogen) atoms. The van der Waals surface area contributed by atoms with Crippen molar-refractivity contribution in [2.45, 2.75) is 19.4 Å². The second-order valence-corrected chi connectivity index (χ2v) is 7.83. The molecule has 1 aliphatic heterocycles. The highest BCUT2D eigenvalue weighted by molar-refractivity contribution is 8.26. The van der Waals surface area contributed by atoms with Crippen molar-refractivity contribution in [3.63, 3.8) is 0 Å². The molecule has 144 valence electrons. The third kappa shape index (κ3) is 5.43. The predicted molar refractivity (Wildman–Crippen MR) is 111 cm³/mol. The Bertz CT molecular complexity index is 912. The van der Waals surface area contributed by atoms with Gasteiger partial charge in [0.25, 0.3) is 5.91 Å². The molecule has 0 radical (unpaired) electrons. The second kappa shape index (κ2) is 9.52. The number of rotatable bonds is 8. The van der Waals surface area contributed by atoms with E-state index < -0.39 is 5.97 Å². The molecule has 0 aliphatic carbocycles. The summed E-state index contributed by atoms with van der Waals surface area (Å²) >= 11 is 6.47. The highest BCUT2D eigenvalue weighted by Crippen LogP contribution is 2.33. The first-order chi connectivity index (χ1) is 13.5. The van der Waals surface area contributed by atoms with Crippen LogP contribution in [0.1, 0.15) is 24.0 Å². The lowest BCUT2D eigenvalue weighted by molar-refractivity contribution is -0.305. The van der Waals surface area contributed by atoms with Crippen LogP contribution in [-0.2, 0) is 16.2 Å². The number of ether oxygens (including phenoxy) is 1. The number of carboxylic acids is 1. The summed E-state index contributed by atoms with van der Waals surface area (Å²) in [5.74, 6) is -0.626. The normalized spacial score (nSPS) is 15.3. The summed E-state index contributed by atoms with van der Waals surface area (Å²) in [7, 11) is 0. The van der Waals surface area contributed by atoms with E-state index in [1.165, 1.54) is 16.7 Å². The standard InChI is InChI=1S/C21H19NO4S2/c23-19(24)10-5-11-22-20(25)18(28-21(22)27)13-16-8-4-9-17(12-16)26-14-15-6-2-1-3-7-15/h1-4,6-9,12-13H,5,10-11,14H2,(H,23,24)/p-1/b18-13+. The average molecular weight is 413 g/mol. The minimum Gasteiger partial charge on any atom is -0.550 e. The third-order valence-electron chi connectivity index (χ3n) is 4.04. The van der Waals surface area contributed by atoms with Crippen molar-refractivity contribution in [1.82, 2.24) is 4.90 Å². The van der Waals surface area contributed by atoms with Crippen molar-refractivity contribution in [3.8, 4) is 5.75 Å². The molecular weight excluding hydrogens is 394 g/mol. The Morgan fingerprint density at radius 2 is 1.96 bits per heavy atom. The molecule has 0 unspecified atom stereocenters. The summed E-state index contributed by atoms with van der Waals surface area (Å²) in [6, 6.07) is 17.4. The Kier molecular flexibility index (Phi) is 6.84. The Balaban J connectivity index is 1.65. The number of hydrogen-bond acceptors (Lipinski definition) is 6. The summed E-state index contributed by atoms with van der Waals surface area (Å²) in [5, 5.41) is 10.5. The summed E-state index contributed by atoms with van der Waals surface area (Å²) in [4.78, 5) is 25.0. The SMILES string of the molecule is O=C([O-])CCCN1C(=O)/C(=C\c2cccc(OCc3ccccc3)c2)SC1=S. The van der Waals surface area contributed by atoms with Gasteiger partial charge in [-0.15, -0.1) is 0 Å². The number of benzene rings is 2. The Labute approximate surface area is 173 Å². The van der Waals surface area contributed by atoms with Gasteiger partial charge in [0.2, 0.25) is 0 Å². The number of thiocarbonyl (C=S) groups is 1. The molecule has 5 nitrogen and oxygen atoms in total. The van der Waals surface area contributed by atoms with Crippen LogP contribution in [0.4, 0.5) is 0 Å². The molecule has 3 rings (SSSR count). The average Bonchev–Trinajstić information content (AvgIpc) is 2.94. The zero-order chi connectivity index (χ0) is 19.9. The molecule has 1 heterocycles. The zero-order valence-electron chi connectivity index (χ0n) is 15.0. The summed E-state index contributed by atoms with van der Waals surface area (Å²) in [6.07, 6.45) is 1.98. The molecule has 0 spiro atoms. The maximum Gasteiger partial charge on any atom is 0.266 e. The zero-order valence-corrected chi connectivity index (χ0v) is 16.6. The van der Waals surface area contributed by atoms with Gasteiger partial charge < -0.3 is 14.6 Å². The summed E-state index contributed by atoms with van der Waals surface area (Å²) in [5.41, 5.74) is 1.91. The lowest BCUT2D eigenvalue weighted by atomic mass is 10.2. The minimum atomic E-state index is -1.13. The Hall–Kier alpha value is -2.64. The van der Waals surface area contributed by atoms with Crippen LogP contribution < -0.4 is 9.84 Å². The largest absolute Gasteiger partial charge is 0.550 e. The maximum absolute atomic E-state index is 12.5. The fourth-order valence-corrected chi connectivity index (χ4v) is 3.97.